The molecule has 30 heavy (non-hydrogen) atoms. The van der Waals surface area contributed by atoms with Crippen molar-refractivity contribution in [2.75, 3.05) is 6.54 Å². The second-order valence-corrected chi connectivity index (χ2v) is 6.82. The van der Waals surface area contributed by atoms with E-state index in [1.165, 1.54) is 30.4 Å². The van der Waals surface area contributed by atoms with Gasteiger partial charge >= 0.3 is 0 Å². The monoisotopic (exact) mass is 408 g/mol. The van der Waals surface area contributed by atoms with Gasteiger partial charge < -0.3 is 14.6 Å². The topological polar surface area (TPSA) is 71.2 Å². The number of phenols is 1. The third-order valence-electron chi connectivity index (χ3n) is 5.08. The van der Waals surface area contributed by atoms with Crippen LogP contribution in [0.25, 0.3) is 28.6 Å². The summed E-state index contributed by atoms with van der Waals surface area (Å²) < 4.78 is 31.3. The van der Waals surface area contributed by atoms with Gasteiger partial charge in [-0.3, -0.25) is 4.79 Å². The summed E-state index contributed by atoms with van der Waals surface area (Å²) >= 11 is 0. The van der Waals surface area contributed by atoms with Gasteiger partial charge in [-0.1, -0.05) is 25.3 Å². The van der Waals surface area contributed by atoms with Crippen molar-refractivity contribution >= 4 is 12.0 Å². The molecular formula is C22H18F2N4O2. The standard InChI is InChI=1S/C22H18F2N4O2/c1-3-13-10-14(11-16(24)20(13)21-15(23)6-5-7-17(21)29)22-26-25-18-12-27(19(30)4-2)8-9-28(18)22/h3-7,10-11,29H,1-2,8-9,12H2. The van der Waals surface area contributed by atoms with Crippen molar-refractivity contribution in [1.82, 2.24) is 19.7 Å². The van der Waals surface area contributed by atoms with Crippen molar-refractivity contribution in [2.45, 2.75) is 13.1 Å². The number of nitrogens with zero attached hydrogens (tertiary/aromatic N) is 4. The zero-order chi connectivity index (χ0) is 21.4. The number of hydrogen-bond acceptors (Lipinski definition) is 4. The molecule has 1 aromatic heterocycles. The molecule has 0 aliphatic carbocycles. The van der Waals surface area contributed by atoms with Gasteiger partial charge in [-0.05, 0) is 35.9 Å². The molecule has 0 unspecified atom stereocenters. The number of carbonyl (C=O) groups excluding carboxylic acids is 1. The predicted octanol–water partition coefficient (Wildman–Crippen LogP) is 3.77. The third-order valence-corrected chi connectivity index (χ3v) is 5.08. The first-order chi connectivity index (χ1) is 14.4. The Hall–Kier alpha value is -3.81. The highest BCUT2D eigenvalue weighted by Crippen LogP contribution is 2.38. The summed E-state index contributed by atoms with van der Waals surface area (Å²) in [5.41, 5.74) is 0.440. The van der Waals surface area contributed by atoms with E-state index in [4.69, 9.17) is 0 Å². The summed E-state index contributed by atoms with van der Waals surface area (Å²) in [7, 11) is 0. The van der Waals surface area contributed by atoms with E-state index < -0.39 is 11.6 Å². The van der Waals surface area contributed by atoms with Crippen LogP contribution >= 0.6 is 0 Å². The first kappa shape index (κ1) is 19.5. The number of rotatable bonds is 4. The van der Waals surface area contributed by atoms with Gasteiger partial charge in [0.1, 0.15) is 17.4 Å². The predicted molar refractivity (Wildman–Crippen MR) is 108 cm³/mol. The normalized spacial score (nSPS) is 13.1. The van der Waals surface area contributed by atoms with Crippen LogP contribution in [0.15, 0.2) is 49.6 Å². The number of hydrogen-bond donors (Lipinski definition) is 1. The summed E-state index contributed by atoms with van der Waals surface area (Å²) in [6.45, 7) is 8.35. The molecule has 0 saturated heterocycles. The number of halogens is 2. The van der Waals surface area contributed by atoms with Crippen LogP contribution < -0.4 is 0 Å². The van der Waals surface area contributed by atoms with E-state index in [0.717, 1.165) is 6.07 Å². The van der Waals surface area contributed by atoms with Crippen molar-refractivity contribution in [3.63, 3.8) is 0 Å². The van der Waals surface area contributed by atoms with Crippen LogP contribution in [0.3, 0.4) is 0 Å². The number of fused-ring (bicyclic) bond motifs is 1. The summed E-state index contributed by atoms with van der Waals surface area (Å²) in [6.07, 6.45) is 2.64. The van der Waals surface area contributed by atoms with Gasteiger partial charge in [0, 0.05) is 24.2 Å². The Morgan fingerprint density at radius 2 is 1.90 bits per heavy atom. The number of phenolic OH excluding ortho intramolecular Hbond substituents is 1. The van der Waals surface area contributed by atoms with E-state index >= 15 is 4.39 Å². The average molecular weight is 408 g/mol. The Morgan fingerprint density at radius 1 is 1.10 bits per heavy atom. The molecule has 2 aromatic carbocycles. The number of amides is 1. The maximum atomic E-state index is 15.1. The van der Waals surface area contributed by atoms with Crippen molar-refractivity contribution in [1.29, 1.82) is 0 Å². The lowest BCUT2D eigenvalue weighted by Crippen LogP contribution is -2.37. The lowest BCUT2D eigenvalue weighted by molar-refractivity contribution is -0.127. The maximum absolute atomic E-state index is 15.1. The summed E-state index contributed by atoms with van der Waals surface area (Å²) in [5.74, 6) is -1.02. The second kappa shape index (κ2) is 7.55. The second-order valence-electron chi connectivity index (χ2n) is 6.82. The Labute approximate surface area is 171 Å². The average Bonchev–Trinajstić information content (AvgIpc) is 3.17. The molecule has 4 rings (SSSR count). The van der Waals surface area contributed by atoms with E-state index in [1.807, 2.05) is 4.57 Å². The summed E-state index contributed by atoms with van der Waals surface area (Å²) in [4.78, 5) is 13.4. The lowest BCUT2D eigenvalue weighted by Gasteiger charge is -2.26. The molecule has 0 radical (unpaired) electrons. The third kappa shape index (κ3) is 3.16. The van der Waals surface area contributed by atoms with E-state index in [2.05, 4.69) is 23.4 Å². The largest absolute Gasteiger partial charge is 0.507 e. The molecule has 1 aliphatic rings. The molecule has 0 saturated carbocycles. The number of benzene rings is 2. The van der Waals surface area contributed by atoms with Crippen LogP contribution in [-0.2, 0) is 17.9 Å². The minimum Gasteiger partial charge on any atom is -0.507 e. The maximum Gasteiger partial charge on any atom is 0.246 e. The highest BCUT2D eigenvalue weighted by Gasteiger charge is 2.25. The minimum atomic E-state index is -0.739. The van der Waals surface area contributed by atoms with Crippen molar-refractivity contribution in [2.24, 2.45) is 0 Å². The van der Waals surface area contributed by atoms with E-state index in [1.54, 1.807) is 11.0 Å². The molecule has 1 N–H and O–H groups in total. The highest BCUT2D eigenvalue weighted by atomic mass is 19.1. The number of carbonyl (C=O) groups is 1. The van der Waals surface area contributed by atoms with Gasteiger partial charge in [0.25, 0.3) is 0 Å². The molecular weight excluding hydrogens is 390 g/mol. The highest BCUT2D eigenvalue weighted by molar-refractivity contribution is 5.87. The molecule has 6 nitrogen and oxygen atoms in total. The number of aromatic hydroxyl groups is 1. The van der Waals surface area contributed by atoms with Gasteiger partial charge in [0.2, 0.25) is 5.91 Å². The zero-order valence-electron chi connectivity index (χ0n) is 16.0. The SMILES string of the molecule is C=CC(=O)N1CCn2c(nnc2-c2cc(F)c(-c3c(O)cccc3F)c(C=C)c2)C1. The molecule has 3 aromatic rings. The fourth-order valence-electron chi connectivity index (χ4n) is 3.63. The van der Waals surface area contributed by atoms with Crippen LogP contribution in [0.1, 0.15) is 11.4 Å². The van der Waals surface area contributed by atoms with E-state index in [9.17, 15) is 14.3 Å². The van der Waals surface area contributed by atoms with E-state index in [0.29, 0.717) is 35.9 Å². The molecule has 152 valence electrons. The fourth-order valence-corrected chi connectivity index (χ4v) is 3.63. The Balaban J connectivity index is 1.79. The smallest absolute Gasteiger partial charge is 0.246 e. The van der Waals surface area contributed by atoms with Crippen LogP contribution in [0, 0.1) is 11.6 Å². The van der Waals surface area contributed by atoms with Gasteiger partial charge in [-0.25, -0.2) is 8.78 Å². The zero-order valence-corrected chi connectivity index (χ0v) is 16.0. The molecule has 0 spiro atoms. The van der Waals surface area contributed by atoms with Gasteiger partial charge in [-0.2, -0.15) is 0 Å². The van der Waals surface area contributed by atoms with Crippen LogP contribution in [-0.4, -0.2) is 37.2 Å². The molecule has 0 atom stereocenters. The molecule has 0 fully saturated rings. The molecule has 8 heteroatoms. The van der Waals surface area contributed by atoms with Crippen LogP contribution in [0.2, 0.25) is 0 Å². The minimum absolute atomic E-state index is 0.0783. The quantitative estimate of drug-likeness (QED) is 0.668. The summed E-state index contributed by atoms with van der Waals surface area (Å²) in [6, 6.07) is 6.64. The first-order valence-electron chi connectivity index (χ1n) is 9.22. The first-order valence-corrected chi connectivity index (χ1v) is 9.22. The molecule has 2 heterocycles. The van der Waals surface area contributed by atoms with Crippen molar-refractivity contribution in [3.8, 4) is 28.3 Å². The Morgan fingerprint density at radius 3 is 2.60 bits per heavy atom. The number of aromatic nitrogens is 3. The van der Waals surface area contributed by atoms with E-state index in [-0.39, 0.29) is 29.3 Å². The molecule has 1 amide bonds. The fraction of sp³-hybridized carbons (Fsp3) is 0.136. The van der Waals surface area contributed by atoms with Crippen molar-refractivity contribution in [3.05, 3.63) is 72.6 Å². The van der Waals surface area contributed by atoms with Gasteiger partial charge in [-0.15, -0.1) is 10.2 Å². The Kier molecular flexibility index (Phi) is 4.91. The Bertz CT molecular complexity index is 1170. The van der Waals surface area contributed by atoms with Crippen molar-refractivity contribution < 1.29 is 18.7 Å². The van der Waals surface area contributed by atoms with Crippen LogP contribution in [0.5, 0.6) is 5.75 Å². The molecule has 1 aliphatic heterocycles. The molecule has 0 bridgehead atoms. The van der Waals surface area contributed by atoms with Gasteiger partial charge in [0.15, 0.2) is 11.6 Å². The lowest BCUT2D eigenvalue weighted by atomic mass is 9.95. The van der Waals surface area contributed by atoms with Crippen LogP contribution in [0.4, 0.5) is 8.78 Å². The summed E-state index contributed by atoms with van der Waals surface area (Å²) in [5, 5.41) is 18.4. The van der Waals surface area contributed by atoms with Gasteiger partial charge in [0.05, 0.1) is 12.1 Å².